The summed E-state index contributed by atoms with van der Waals surface area (Å²) >= 11 is 0. The van der Waals surface area contributed by atoms with Crippen molar-refractivity contribution in [3.05, 3.63) is 0 Å². The minimum absolute atomic E-state index is 0.0414. The molecular weight excluding hydrogens is 206 g/mol. The quantitative estimate of drug-likeness (QED) is 0.739. The molecule has 5 heteroatoms. The van der Waals surface area contributed by atoms with Gasteiger partial charge in [-0.3, -0.25) is 4.79 Å². The summed E-state index contributed by atoms with van der Waals surface area (Å²) in [6, 6.07) is 1.70. The second-order valence-corrected chi connectivity index (χ2v) is 4.67. The highest BCUT2D eigenvalue weighted by molar-refractivity contribution is 5.83. The minimum atomic E-state index is -0.654. The van der Waals surface area contributed by atoms with Crippen molar-refractivity contribution in [3.8, 4) is 6.07 Å². The van der Waals surface area contributed by atoms with E-state index in [1.807, 2.05) is 13.8 Å². The number of hydrogen-bond donors (Lipinski definition) is 1. The Morgan fingerprint density at radius 2 is 2.44 bits per heavy atom. The predicted molar refractivity (Wildman–Crippen MR) is 59.4 cm³/mol. The molecule has 3 unspecified atom stereocenters. The molecule has 3 atom stereocenters. The van der Waals surface area contributed by atoms with Crippen LogP contribution in [0.3, 0.4) is 0 Å². The lowest BCUT2D eigenvalue weighted by molar-refractivity contribution is -0.142. The third-order valence-electron chi connectivity index (χ3n) is 3.37. The lowest BCUT2D eigenvalue weighted by Gasteiger charge is -2.33. The standard InChI is InChI=1S/C11H19N3O2/c1-8(4-5-12)14(3)10(15)11(2)7-16-6-9(11)13/h8-9H,4,6-7,13H2,1-3H3. The summed E-state index contributed by atoms with van der Waals surface area (Å²) in [5, 5.41) is 8.61. The molecule has 0 aromatic rings. The van der Waals surface area contributed by atoms with Crippen molar-refractivity contribution < 1.29 is 9.53 Å². The van der Waals surface area contributed by atoms with E-state index in [1.54, 1.807) is 11.9 Å². The van der Waals surface area contributed by atoms with Crippen LogP contribution in [0.15, 0.2) is 0 Å². The summed E-state index contributed by atoms with van der Waals surface area (Å²) in [6.07, 6.45) is 0.328. The fraction of sp³-hybridized carbons (Fsp3) is 0.818. The Labute approximate surface area is 96.2 Å². The summed E-state index contributed by atoms with van der Waals surface area (Å²) in [4.78, 5) is 13.8. The fourth-order valence-corrected chi connectivity index (χ4v) is 1.78. The monoisotopic (exact) mass is 225 g/mol. The number of nitrogens with zero attached hydrogens (tertiary/aromatic N) is 2. The van der Waals surface area contributed by atoms with Gasteiger partial charge in [-0.25, -0.2) is 0 Å². The highest BCUT2D eigenvalue weighted by Crippen LogP contribution is 2.29. The summed E-state index contributed by atoms with van der Waals surface area (Å²) in [5.41, 5.74) is 5.23. The van der Waals surface area contributed by atoms with Gasteiger partial charge < -0.3 is 15.4 Å². The molecule has 0 spiro atoms. The first-order valence-corrected chi connectivity index (χ1v) is 5.41. The van der Waals surface area contributed by atoms with Gasteiger partial charge in [0, 0.05) is 19.1 Å². The zero-order valence-corrected chi connectivity index (χ0v) is 10.1. The molecule has 1 saturated heterocycles. The van der Waals surface area contributed by atoms with Gasteiger partial charge in [0.1, 0.15) is 0 Å². The van der Waals surface area contributed by atoms with Crippen LogP contribution in [0.25, 0.3) is 0 Å². The average Bonchev–Trinajstić information content (AvgIpc) is 2.59. The minimum Gasteiger partial charge on any atom is -0.379 e. The lowest BCUT2D eigenvalue weighted by Crippen LogP contribution is -2.52. The van der Waals surface area contributed by atoms with E-state index in [9.17, 15) is 4.79 Å². The third-order valence-corrected chi connectivity index (χ3v) is 3.37. The van der Waals surface area contributed by atoms with Crippen molar-refractivity contribution >= 4 is 5.91 Å². The normalized spacial score (nSPS) is 30.8. The first-order valence-electron chi connectivity index (χ1n) is 5.41. The number of carbonyl (C=O) groups is 1. The van der Waals surface area contributed by atoms with Crippen LogP contribution in [0.1, 0.15) is 20.3 Å². The van der Waals surface area contributed by atoms with Crippen LogP contribution in [-0.2, 0) is 9.53 Å². The van der Waals surface area contributed by atoms with Crippen molar-refractivity contribution in [2.24, 2.45) is 11.1 Å². The van der Waals surface area contributed by atoms with Crippen molar-refractivity contribution in [1.82, 2.24) is 4.90 Å². The summed E-state index contributed by atoms with van der Waals surface area (Å²) in [5.74, 6) is -0.0414. The smallest absolute Gasteiger partial charge is 0.232 e. The number of nitrogens with two attached hydrogens (primary N) is 1. The Morgan fingerprint density at radius 3 is 2.88 bits per heavy atom. The van der Waals surface area contributed by atoms with Gasteiger partial charge in [0.05, 0.1) is 31.1 Å². The van der Waals surface area contributed by atoms with E-state index in [2.05, 4.69) is 6.07 Å². The maximum absolute atomic E-state index is 12.3. The number of hydrogen-bond acceptors (Lipinski definition) is 4. The molecule has 1 aliphatic rings. The molecule has 0 bridgehead atoms. The molecule has 0 radical (unpaired) electrons. The molecule has 16 heavy (non-hydrogen) atoms. The Kier molecular flexibility index (Phi) is 3.89. The van der Waals surface area contributed by atoms with Crippen LogP contribution in [0.5, 0.6) is 0 Å². The van der Waals surface area contributed by atoms with Gasteiger partial charge in [-0.2, -0.15) is 5.26 Å². The van der Waals surface area contributed by atoms with E-state index in [4.69, 9.17) is 15.7 Å². The van der Waals surface area contributed by atoms with Gasteiger partial charge >= 0.3 is 0 Å². The van der Waals surface area contributed by atoms with Gasteiger partial charge in [-0.15, -0.1) is 0 Å². The van der Waals surface area contributed by atoms with Crippen LogP contribution in [0, 0.1) is 16.7 Å². The second-order valence-electron chi connectivity index (χ2n) is 4.67. The first-order chi connectivity index (χ1) is 7.43. The maximum atomic E-state index is 12.3. The summed E-state index contributed by atoms with van der Waals surface area (Å²) in [6.45, 7) is 4.45. The van der Waals surface area contributed by atoms with Crippen LogP contribution in [0.2, 0.25) is 0 Å². The molecule has 1 aliphatic heterocycles. The van der Waals surface area contributed by atoms with Crippen molar-refractivity contribution in [2.75, 3.05) is 20.3 Å². The molecule has 0 saturated carbocycles. The molecule has 1 fully saturated rings. The van der Waals surface area contributed by atoms with Crippen LogP contribution in [0.4, 0.5) is 0 Å². The highest BCUT2D eigenvalue weighted by Gasteiger charge is 2.46. The number of nitriles is 1. The van der Waals surface area contributed by atoms with E-state index in [0.29, 0.717) is 19.6 Å². The van der Waals surface area contributed by atoms with E-state index >= 15 is 0 Å². The second kappa shape index (κ2) is 4.81. The Hall–Kier alpha value is -1.12. The summed E-state index contributed by atoms with van der Waals surface area (Å²) in [7, 11) is 1.71. The lowest BCUT2D eigenvalue weighted by atomic mass is 9.84. The first kappa shape index (κ1) is 12.9. The maximum Gasteiger partial charge on any atom is 0.232 e. The Balaban J connectivity index is 2.74. The van der Waals surface area contributed by atoms with E-state index in [-0.39, 0.29) is 18.0 Å². The van der Waals surface area contributed by atoms with Gasteiger partial charge in [-0.05, 0) is 13.8 Å². The molecule has 1 heterocycles. The van der Waals surface area contributed by atoms with E-state index in [0.717, 1.165) is 0 Å². The van der Waals surface area contributed by atoms with Gasteiger partial charge in [-0.1, -0.05) is 0 Å². The largest absolute Gasteiger partial charge is 0.379 e. The topological polar surface area (TPSA) is 79.3 Å². The molecule has 0 aromatic carbocycles. The van der Waals surface area contributed by atoms with E-state index < -0.39 is 5.41 Å². The van der Waals surface area contributed by atoms with Gasteiger partial charge in [0.15, 0.2) is 0 Å². The molecular formula is C11H19N3O2. The zero-order valence-electron chi connectivity index (χ0n) is 10.1. The average molecular weight is 225 g/mol. The van der Waals surface area contributed by atoms with Crippen LogP contribution in [-0.4, -0.2) is 43.2 Å². The number of amides is 1. The van der Waals surface area contributed by atoms with E-state index in [1.165, 1.54) is 0 Å². The van der Waals surface area contributed by atoms with Crippen LogP contribution >= 0.6 is 0 Å². The molecule has 90 valence electrons. The van der Waals surface area contributed by atoms with Gasteiger partial charge in [0.2, 0.25) is 5.91 Å². The molecule has 5 nitrogen and oxygen atoms in total. The van der Waals surface area contributed by atoms with Gasteiger partial charge in [0.25, 0.3) is 0 Å². The number of rotatable bonds is 3. The van der Waals surface area contributed by atoms with Crippen molar-refractivity contribution in [2.45, 2.75) is 32.4 Å². The SMILES string of the molecule is CC(CC#N)N(C)C(=O)C1(C)COCC1N. The van der Waals surface area contributed by atoms with Crippen molar-refractivity contribution in [3.63, 3.8) is 0 Å². The molecule has 2 N–H and O–H groups in total. The van der Waals surface area contributed by atoms with Crippen LogP contribution < -0.4 is 5.73 Å². The number of carbonyl (C=O) groups excluding carboxylic acids is 1. The number of ether oxygens (including phenoxy) is 1. The zero-order chi connectivity index (χ0) is 12.3. The molecule has 0 aliphatic carbocycles. The fourth-order valence-electron chi connectivity index (χ4n) is 1.78. The molecule has 1 rings (SSSR count). The summed E-state index contributed by atoms with van der Waals surface area (Å²) < 4.78 is 5.25. The molecule has 0 aromatic heterocycles. The Bertz CT molecular complexity index is 313. The molecule has 1 amide bonds. The predicted octanol–water partition coefficient (Wildman–Crippen LogP) is 0.111. The third kappa shape index (κ3) is 2.18. The highest BCUT2D eigenvalue weighted by atomic mass is 16.5. The Morgan fingerprint density at radius 1 is 1.81 bits per heavy atom. The van der Waals surface area contributed by atoms with Crippen molar-refractivity contribution in [1.29, 1.82) is 5.26 Å².